The van der Waals surface area contributed by atoms with Crippen molar-refractivity contribution in [2.75, 3.05) is 7.11 Å². The predicted octanol–water partition coefficient (Wildman–Crippen LogP) is 3.49. The first-order valence-corrected chi connectivity index (χ1v) is 6.18. The molecule has 0 aliphatic heterocycles. The average Bonchev–Trinajstić information content (AvgIpc) is 2.46. The molecule has 0 unspecified atom stereocenters. The minimum absolute atomic E-state index is 0.317. The van der Waals surface area contributed by atoms with Crippen LogP contribution < -0.4 is 0 Å². The first kappa shape index (κ1) is 14.9. The van der Waals surface area contributed by atoms with Crippen molar-refractivity contribution in [1.29, 1.82) is 0 Å². The second-order valence-electron chi connectivity index (χ2n) is 4.06. The van der Waals surface area contributed by atoms with E-state index in [1.54, 1.807) is 24.5 Å². The highest BCUT2D eigenvalue weighted by atomic mass is 16.5. The monoisotopic (exact) mass is 257 g/mol. The molecular weight excluding hydrogens is 238 g/mol. The molecule has 0 aromatic carbocycles. The molecule has 1 rings (SSSR count). The molecule has 0 spiro atoms. The molecule has 1 aromatic rings. The van der Waals surface area contributed by atoms with Gasteiger partial charge >= 0.3 is 5.97 Å². The Morgan fingerprint density at radius 2 is 2.26 bits per heavy atom. The van der Waals surface area contributed by atoms with Crippen molar-refractivity contribution in [3.05, 3.63) is 66.5 Å². The summed E-state index contributed by atoms with van der Waals surface area (Å²) in [6, 6.07) is 1.69. The van der Waals surface area contributed by atoms with E-state index in [1.807, 2.05) is 12.2 Å². The molecule has 0 amide bonds. The third-order valence-electron chi connectivity index (χ3n) is 2.81. The number of hydrogen-bond acceptors (Lipinski definition) is 3. The van der Waals surface area contributed by atoms with Crippen molar-refractivity contribution >= 4 is 5.97 Å². The van der Waals surface area contributed by atoms with Crippen LogP contribution in [0.2, 0.25) is 0 Å². The maximum atomic E-state index is 11.6. The van der Waals surface area contributed by atoms with Gasteiger partial charge in [-0.05, 0) is 36.5 Å². The van der Waals surface area contributed by atoms with Gasteiger partial charge < -0.3 is 4.74 Å². The lowest BCUT2D eigenvalue weighted by Gasteiger charge is -2.07. The molecule has 3 nitrogen and oxygen atoms in total. The molecule has 0 bridgehead atoms. The molecule has 1 heterocycles. The number of aryl methyl sites for hydroxylation is 1. The van der Waals surface area contributed by atoms with Crippen LogP contribution in [0.3, 0.4) is 0 Å². The fourth-order valence-electron chi connectivity index (χ4n) is 1.82. The quantitative estimate of drug-likeness (QED) is 0.554. The maximum absolute atomic E-state index is 11.6. The third kappa shape index (κ3) is 4.54. The predicted molar refractivity (Wildman–Crippen MR) is 77.0 cm³/mol. The number of methoxy groups -OCH3 is 1. The Balaban J connectivity index is 2.68. The Kier molecular flexibility index (Phi) is 6.30. The second-order valence-corrected chi connectivity index (χ2v) is 4.06. The molecule has 0 N–H and O–H groups in total. The van der Waals surface area contributed by atoms with Crippen LogP contribution in [-0.4, -0.2) is 18.1 Å². The molecule has 0 atom stereocenters. The fourth-order valence-corrected chi connectivity index (χ4v) is 1.82. The Labute approximate surface area is 114 Å². The molecule has 1 aromatic heterocycles. The van der Waals surface area contributed by atoms with Gasteiger partial charge in [-0.3, -0.25) is 4.98 Å². The van der Waals surface area contributed by atoms with Gasteiger partial charge in [0.1, 0.15) is 0 Å². The van der Waals surface area contributed by atoms with Crippen molar-refractivity contribution in [1.82, 2.24) is 4.98 Å². The van der Waals surface area contributed by atoms with Crippen molar-refractivity contribution < 1.29 is 9.53 Å². The number of rotatable bonds is 7. The highest BCUT2D eigenvalue weighted by molar-refractivity contribution is 5.90. The number of carbonyl (C=O) groups is 1. The van der Waals surface area contributed by atoms with Gasteiger partial charge in [0.15, 0.2) is 0 Å². The molecule has 0 aliphatic rings. The minimum atomic E-state index is -0.317. The number of aromatic nitrogens is 1. The van der Waals surface area contributed by atoms with Crippen molar-refractivity contribution in [2.24, 2.45) is 0 Å². The Morgan fingerprint density at radius 1 is 1.47 bits per heavy atom. The van der Waals surface area contributed by atoms with Crippen LogP contribution in [0.15, 0.2) is 55.4 Å². The average molecular weight is 257 g/mol. The van der Waals surface area contributed by atoms with E-state index >= 15 is 0 Å². The molecule has 3 heteroatoms. The highest BCUT2D eigenvalue weighted by Gasteiger charge is 2.10. The van der Waals surface area contributed by atoms with E-state index < -0.39 is 0 Å². The molecule has 0 radical (unpaired) electrons. The summed E-state index contributed by atoms with van der Waals surface area (Å²) < 4.78 is 4.76. The van der Waals surface area contributed by atoms with Crippen LogP contribution in [0.1, 0.15) is 28.8 Å². The number of nitrogens with zero attached hydrogens (tertiary/aromatic N) is 1. The molecule has 19 heavy (non-hydrogen) atoms. The fraction of sp³-hybridized carbons (Fsp3) is 0.250. The Bertz CT molecular complexity index is 489. The van der Waals surface area contributed by atoms with E-state index in [0.29, 0.717) is 5.56 Å². The zero-order valence-corrected chi connectivity index (χ0v) is 11.3. The first-order chi connectivity index (χ1) is 9.22. The lowest BCUT2D eigenvalue weighted by atomic mass is 10.0. The minimum Gasteiger partial charge on any atom is -0.465 e. The summed E-state index contributed by atoms with van der Waals surface area (Å²) in [6.07, 6.45) is 11.4. The summed E-state index contributed by atoms with van der Waals surface area (Å²) >= 11 is 0. The smallest absolute Gasteiger partial charge is 0.338 e. The van der Waals surface area contributed by atoms with E-state index in [1.165, 1.54) is 7.11 Å². The molecular formula is C16H19NO2. The summed E-state index contributed by atoms with van der Waals surface area (Å²) in [7, 11) is 1.38. The van der Waals surface area contributed by atoms with Gasteiger partial charge in [-0.1, -0.05) is 31.4 Å². The van der Waals surface area contributed by atoms with Crippen molar-refractivity contribution in [3.63, 3.8) is 0 Å². The van der Waals surface area contributed by atoms with E-state index in [-0.39, 0.29) is 5.97 Å². The van der Waals surface area contributed by atoms with E-state index in [0.717, 1.165) is 30.4 Å². The summed E-state index contributed by atoms with van der Waals surface area (Å²) in [6.45, 7) is 7.43. The number of carbonyl (C=O) groups excluding carboxylic acids is 1. The van der Waals surface area contributed by atoms with Crippen LogP contribution in [0.25, 0.3) is 0 Å². The highest BCUT2D eigenvalue weighted by Crippen LogP contribution is 2.14. The van der Waals surface area contributed by atoms with Gasteiger partial charge in [-0.2, -0.15) is 0 Å². The van der Waals surface area contributed by atoms with Crippen LogP contribution >= 0.6 is 0 Å². The van der Waals surface area contributed by atoms with Gasteiger partial charge in [-0.15, -0.1) is 0 Å². The number of pyridine rings is 1. The van der Waals surface area contributed by atoms with E-state index in [9.17, 15) is 4.79 Å². The maximum Gasteiger partial charge on any atom is 0.338 e. The van der Waals surface area contributed by atoms with Crippen LogP contribution in [0.4, 0.5) is 0 Å². The largest absolute Gasteiger partial charge is 0.465 e. The normalized spacial score (nSPS) is 10.9. The number of esters is 1. The zero-order chi connectivity index (χ0) is 14.1. The third-order valence-corrected chi connectivity index (χ3v) is 2.81. The molecule has 0 aliphatic carbocycles. The van der Waals surface area contributed by atoms with Crippen LogP contribution in [0.5, 0.6) is 0 Å². The SMILES string of the molecule is C=C/C=C(\C=C)CCCc1cnccc1C(=O)OC. The molecule has 0 fully saturated rings. The van der Waals surface area contributed by atoms with E-state index in [4.69, 9.17) is 4.74 Å². The van der Waals surface area contributed by atoms with Gasteiger partial charge in [0.2, 0.25) is 0 Å². The van der Waals surface area contributed by atoms with Crippen molar-refractivity contribution in [2.45, 2.75) is 19.3 Å². The number of allylic oxidation sites excluding steroid dienone is 4. The second kappa shape index (κ2) is 8.03. The topological polar surface area (TPSA) is 39.2 Å². The van der Waals surface area contributed by atoms with Crippen LogP contribution in [-0.2, 0) is 11.2 Å². The van der Waals surface area contributed by atoms with Gasteiger partial charge in [0.25, 0.3) is 0 Å². The lowest BCUT2D eigenvalue weighted by Crippen LogP contribution is -2.06. The van der Waals surface area contributed by atoms with Gasteiger partial charge in [-0.25, -0.2) is 4.79 Å². The summed E-state index contributed by atoms with van der Waals surface area (Å²) in [5.74, 6) is -0.317. The van der Waals surface area contributed by atoms with Crippen LogP contribution in [0, 0.1) is 0 Å². The Hall–Kier alpha value is -2.16. The van der Waals surface area contributed by atoms with E-state index in [2.05, 4.69) is 18.1 Å². The summed E-state index contributed by atoms with van der Waals surface area (Å²) in [5, 5.41) is 0. The summed E-state index contributed by atoms with van der Waals surface area (Å²) in [4.78, 5) is 15.7. The van der Waals surface area contributed by atoms with Gasteiger partial charge in [0.05, 0.1) is 12.7 Å². The number of hydrogen-bond donors (Lipinski definition) is 0. The zero-order valence-electron chi connectivity index (χ0n) is 11.3. The number of ether oxygens (including phenoxy) is 1. The Morgan fingerprint density at radius 3 is 2.89 bits per heavy atom. The molecule has 0 saturated carbocycles. The van der Waals surface area contributed by atoms with Crippen molar-refractivity contribution in [3.8, 4) is 0 Å². The molecule has 0 saturated heterocycles. The first-order valence-electron chi connectivity index (χ1n) is 6.18. The standard InChI is InChI=1S/C16H19NO2/c1-4-7-13(5-2)8-6-9-14-12-17-11-10-15(14)16(18)19-3/h4-5,7,10-12H,1-2,6,8-9H2,3H3/b13-7+. The molecule has 100 valence electrons. The van der Waals surface area contributed by atoms with Gasteiger partial charge in [0, 0.05) is 12.4 Å². The lowest BCUT2D eigenvalue weighted by molar-refractivity contribution is 0.0599. The summed E-state index contributed by atoms with van der Waals surface area (Å²) in [5.41, 5.74) is 2.64.